The smallest absolute Gasteiger partial charge is 0.250 e. The van der Waals surface area contributed by atoms with Gasteiger partial charge in [-0.3, -0.25) is 9.69 Å². The largest absolute Gasteiger partial charge is 0.543 e. The molecule has 1 amide bonds. The van der Waals surface area contributed by atoms with Gasteiger partial charge in [0.15, 0.2) is 0 Å². The van der Waals surface area contributed by atoms with E-state index in [1.165, 1.54) is 0 Å². The van der Waals surface area contributed by atoms with Crippen LogP contribution < -0.4 is 4.43 Å². The first kappa shape index (κ1) is 29.8. The number of piperazine rings is 1. The molecule has 0 N–H and O–H groups in total. The molecule has 0 aliphatic carbocycles. The summed E-state index contributed by atoms with van der Waals surface area (Å²) in [6.45, 7) is 15.8. The number of carbonyl (C=O) groups is 1. The van der Waals surface area contributed by atoms with Gasteiger partial charge in [0.05, 0.1) is 6.61 Å². The summed E-state index contributed by atoms with van der Waals surface area (Å²) < 4.78 is 12.8. The molecule has 3 aromatic rings. The van der Waals surface area contributed by atoms with Crippen LogP contribution in [0, 0.1) is 0 Å². The summed E-state index contributed by atoms with van der Waals surface area (Å²) in [4.78, 5) is 17.2. The van der Waals surface area contributed by atoms with Crippen LogP contribution in [0.5, 0.6) is 5.75 Å². The number of ether oxygens (including phenoxy) is 1. The summed E-state index contributed by atoms with van der Waals surface area (Å²) in [6.07, 6.45) is 3.50. The fourth-order valence-electron chi connectivity index (χ4n) is 4.53. The molecule has 0 aromatic heterocycles. The standard InChI is InChI=1S/C34H44N2O3Si/c1-34(2,3)40(4,5)39-31-18-12-13-28(27-31)19-20-32(37)36-23-21-35(22-24-36)25-26-38-33(29-14-8-6-9-15-29)30-16-10-7-11-17-30/h6-20,27,33H,21-26H2,1-5H3/b20-19+. The number of rotatable bonds is 10. The fourth-order valence-corrected chi connectivity index (χ4v) is 5.56. The van der Waals surface area contributed by atoms with Crippen molar-refractivity contribution < 1.29 is 14.0 Å². The molecule has 0 atom stereocenters. The van der Waals surface area contributed by atoms with Crippen LogP contribution in [0.4, 0.5) is 0 Å². The number of hydrogen-bond acceptors (Lipinski definition) is 4. The minimum atomic E-state index is -1.91. The third-order valence-electron chi connectivity index (χ3n) is 8.04. The van der Waals surface area contributed by atoms with Crippen LogP contribution in [0.15, 0.2) is 91.0 Å². The van der Waals surface area contributed by atoms with Crippen LogP contribution in [-0.4, -0.2) is 63.4 Å². The summed E-state index contributed by atoms with van der Waals surface area (Å²) in [7, 11) is -1.91. The molecule has 0 radical (unpaired) electrons. The second-order valence-electron chi connectivity index (χ2n) is 12.0. The van der Waals surface area contributed by atoms with Gasteiger partial charge in [-0.05, 0) is 53.0 Å². The molecule has 1 heterocycles. The van der Waals surface area contributed by atoms with Gasteiger partial charge in [0.2, 0.25) is 14.2 Å². The first-order chi connectivity index (χ1) is 19.1. The number of nitrogens with zero attached hydrogens (tertiary/aromatic N) is 2. The van der Waals surface area contributed by atoms with Gasteiger partial charge in [0.1, 0.15) is 11.9 Å². The summed E-state index contributed by atoms with van der Waals surface area (Å²) >= 11 is 0. The lowest BCUT2D eigenvalue weighted by Gasteiger charge is -2.36. The van der Waals surface area contributed by atoms with Crippen molar-refractivity contribution in [2.45, 2.75) is 45.0 Å². The highest BCUT2D eigenvalue weighted by molar-refractivity contribution is 6.74. The zero-order valence-corrected chi connectivity index (χ0v) is 25.7. The van der Waals surface area contributed by atoms with Crippen LogP contribution in [-0.2, 0) is 9.53 Å². The van der Waals surface area contributed by atoms with Gasteiger partial charge in [0, 0.05) is 38.8 Å². The molecule has 1 saturated heterocycles. The van der Waals surface area contributed by atoms with Crippen molar-refractivity contribution >= 4 is 20.3 Å². The molecule has 0 spiro atoms. The van der Waals surface area contributed by atoms with Gasteiger partial charge in [-0.1, -0.05) is 93.6 Å². The lowest BCUT2D eigenvalue weighted by Crippen LogP contribution is -2.49. The zero-order chi connectivity index (χ0) is 28.6. The number of hydrogen-bond donors (Lipinski definition) is 0. The summed E-state index contributed by atoms with van der Waals surface area (Å²) in [5, 5.41) is 0.134. The van der Waals surface area contributed by atoms with E-state index in [0.29, 0.717) is 6.61 Å². The molecule has 212 valence electrons. The Morgan fingerprint density at radius 3 is 2.05 bits per heavy atom. The van der Waals surface area contributed by atoms with E-state index in [9.17, 15) is 4.79 Å². The van der Waals surface area contributed by atoms with Gasteiger partial charge < -0.3 is 14.1 Å². The van der Waals surface area contributed by atoms with E-state index < -0.39 is 8.32 Å². The lowest BCUT2D eigenvalue weighted by atomic mass is 10.0. The number of carbonyl (C=O) groups excluding carboxylic acids is 1. The molecule has 40 heavy (non-hydrogen) atoms. The maximum atomic E-state index is 12.9. The molecule has 3 aromatic carbocycles. The average molecular weight is 557 g/mol. The Bertz CT molecular complexity index is 1210. The van der Waals surface area contributed by atoms with Gasteiger partial charge in [-0.25, -0.2) is 0 Å². The minimum Gasteiger partial charge on any atom is -0.543 e. The Balaban J connectivity index is 1.25. The predicted molar refractivity (Wildman–Crippen MR) is 167 cm³/mol. The first-order valence-corrected chi connectivity index (χ1v) is 17.2. The highest BCUT2D eigenvalue weighted by Crippen LogP contribution is 2.37. The van der Waals surface area contributed by atoms with Crippen LogP contribution in [0.1, 0.15) is 43.6 Å². The van der Waals surface area contributed by atoms with Crippen molar-refractivity contribution in [3.05, 3.63) is 108 Å². The van der Waals surface area contributed by atoms with Crippen molar-refractivity contribution in [3.63, 3.8) is 0 Å². The van der Waals surface area contributed by atoms with E-state index >= 15 is 0 Å². The van der Waals surface area contributed by atoms with Gasteiger partial charge in [-0.15, -0.1) is 0 Å². The van der Waals surface area contributed by atoms with E-state index in [2.05, 4.69) is 87.3 Å². The van der Waals surface area contributed by atoms with Crippen molar-refractivity contribution in [1.82, 2.24) is 9.80 Å². The Labute approximate surface area is 241 Å². The molecular weight excluding hydrogens is 512 g/mol. The highest BCUT2D eigenvalue weighted by Gasteiger charge is 2.39. The molecule has 5 nitrogen and oxygen atoms in total. The first-order valence-electron chi connectivity index (χ1n) is 14.3. The maximum Gasteiger partial charge on any atom is 0.250 e. The Morgan fingerprint density at radius 1 is 0.875 bits per heavy atom. The second kappa shape index (κ2) is 13.4. The Kier molecular flexibility index (Phi) is 10.0. The van der Waals surface area contributed by atoms with Crippen molar-refractivity contribution in [3.8, 4) is 5.75 Å². The molecule has 1 aliphatic rings. The normalized spacial score (nSPS) is 15.1. The van der Waals surface area contributed by atoms with E-state index in [1.807, 2.05) is 47.4 Å². The second-order valence-corrected chi connectivity index (χ2v) is 16.7. The highest BCUT2D eigenvalue weighted by atomic mass is 28.4. The SMILES string of the molecule is CC(C)(C)[Si](C)(C)Oc1cccc(/C=C/C(=O)N2CCN(CCOC(c3ccccc3)c3ccccc3)CC2)c1. The van der Waals surface area contributed by atoms with Crippen LogP contribution in [0.3, 0.4) is 0 Å². The van der Waals surface area contributed by atoms with E-state index in [-0.39, 0.29) is 17.0 Å². The molecule has 0 saturated carbocycles. The van der Waals surface area contributed by atoms with Gasteiger partial charge in [-0.2, -0.15) is 0 Å². The van der Waals surface area contributed by atoms with Gasteiger partial charge in [0.25, 0.3) is 0 Å². The summed E-state index contributed by atoms with van der Waals surface area (Å²) in [5.74, 6) is 0.929. The number of benzene rings is 3. The van der Waals surface area contributed by atoms with Crippen LogP contribution in [0.2, 0.25) is 18.1 Å². The minimum absolute atomic E-state index is 0.0554. The lowest BCUT2D eigenvalue weighted by molar-refractivity contribution is -0.127. The monoisotopic (exact) mass is 556 g/mol. The van der Waals surface area contributed by atoms with Crippen molar-refractivity contribution in [1.29, 1.82) is 0 Å². The Hall–Kier alpha value is -3.19. The zero-order valence-electron chi connectivity index (χ0n) is 24.7. The predicted octanol–water partition coefficient (Wildman–Crippen LogP) is 7.03. The third kappa shape index (κ3) is 8.16. The van der Waals surface area contributed by atoms with Crippen molar-refractivity contribution in [2.24, 2.45) is 0 Å². The van der Waals surface area contributed by atoms with Crippen LogP contribution in [0.25, 0.3) is 6.08 Å². The van der Waals surface area contributed by atoms with Gasteiger partial charge >= 0.3 is 0 Å². The summed E-state index contributed by atoms with van der Waals surface area (Å²) in [6, 6.07) is 28.8. The molecule has 1 aliphatic heterocycles. The number of amides is 1. The molecule has 6 heteroatoms. The third-order valence-corrected chi connectivity index (χ3v) is 12.4. The maximum absolute atomic E-state index is 12.9. The van der Waals surface area contributed by atoms with Crippen LogP contribution >= 0.6 is 0 Å². The molecule has 1 fully saturated rings. The quantitative estimate of drug-likeness (QED) is 0.199. The van der Waals surface area contributed by atoms with E-state index in [1.54, 1.807) is 6.08 Å². The fraction of sp³-hybridized carbons (Fsp3) is 0.382. The topological polar surface area (TPSA) is 42.0 Å². The molecular formula is C34H44N2O3Si. The average Bonchev–Trinajstić information content (AvgIpc) is 2.95. The molecule has 0 unspecified atom stereocenters. The molecule has 4 rings (SSSR count). The summed E-state index contributed by atoms with van der Waals surface area (Å²) in [5.41, 5.74) is 3.30. The molecule has 0 bridgehead atoms. The Morgan fingerprint density at radius 2 is 1.48 bits per heavy atom. The van der Waals surface area contributed by atoms with Crippen molar-refractivity contribution in [2.75, 3.05) is 39.3 Å². The van der Waals surface area contributed by atoms with E-state index in [0.717, 1.165) is 55.2 Å². The van der Waals surface area contributed by atoms with E-state index in [4.69, 9.17) is 9.16 Å².